The number of carbonyl (C=O) groups excluding carboxylic acids is 1. The lowest BCUT2D eigenvalue weighted by atomic mass is 10.1. The highest BCUT2D eigenvalue weighted by atomic mass is 16.2. The maximum atomic E-state index is 11.7. The zero-order chi connectivity index (χ0) is 14.4. The van der Waals surface area contributed by atoms with Crippen LogP contribution < -0.4 is 5.43 Å². The van der Waals surface area contributed by atoms with Crippen LogP contribution in [0.25, 0.3) is 0 Å². The van der Waals surface area contributed by atoms with Crippen LogP contribution in [0.4, 0.5) is 0 Å². The number of nitrogens with zero attached hydrogens (tertiary/aromatic N) is 3. The predicted octanol–water partition coefficient (Wildman–Crippen LogP) is 1.50. The van der Waals surface area contributed by atoms with Gasteiger partial charge in [-0.05, 0) is 31.9 Å². The van der Waals surface area contributed by atoms with Crippen LogP contribution in [0.5, 0.6) is 0 Å². The molecule has 6 heteroatoms. The van der Waals surface area contributed by atoms with E-state index in [2.05, 4.69) is 25.7 Å². The Labute approximate surface area is 117 Å². The fraction of sp³-hybridized carbons (Fsp3) is 0.286. The van der Waals surface area contributed by atoms with E-state index >= 15 is 0 Å². The number of aromatic amines is 1. The van der Waals surface area contributed by atoms with Crippen molar-refractivity contribution in [2.75, 3.05) is 0 Å². The van der Waals surface area contributed by atoms with Crippen molar-refractivity contribution >= 4 is 12.1 Å². The second-order valence-corrected chi connectivity index (χ2v) is 4.49. The van der Waals surface area contributed by atoms with Crippen molar-refractivity contribution in [1.29, 1.82) is 0 Å². The molecular weight excluding hydrogens is 254 g/mol. The van der Waals surface area contributed by atoms with Crippen LogP contribution in [-0.2, 0) is 11.2 Å². The van der Waals surface area contributed by atoms with Gasteiger partial charge in [0, 0.05) is 30.1 Å². The molecule has 6 nitrogen and oxygen atoms in total. The predicted molar refractivity (Wildman–Crippen MR) is 76.4 cm³/mol. The topological polar surface area (TPSA) is 83.0 Å². The molecule has 0 saturated carbocycles. The molecule has 0 aliphatic rings. The summed E-state index contributed by atoms with van der Waals surface area (Å²) in [5.41, 5.74) is 6.39. The number of H-pyrrole nitrogens is 1. The number of rotatable bonds is 5. The lowest BCUT2D eigenvalue weighted by Gasteiger charge is -2.01. The highest BCUT2D eigenvalue weighted by molar-refractivity contribution is 5.82. The Balaban J connectivity index is 1.80. The molecule has 0 aromatic carbocycles. The summed E-state index contributed by atoms with van der Waals surface area (Å²) in [7, 11) is 0. The summed E-state index contributed by atoms with van der Waals surface area (Å²) < 4.78 is 0. The Morgan fingerprint density at radius 1 is 1.50 bits per heavy atom. The van der Waals surface area contributed by atoms with Gasteiger partial charge in [-0.25, -0.2) is 5.43 Å². The largest absolute Gasteiger partial charge is 0.282 e. The molecule has 0 radical (unpaired) electrons. The van der Waals surface area contributed by atoms with Crippen molar-refractivity contribution in [1.82, 2.24) is 20.6 Å². The van der Waals surface area contributed by atoms with Crippen molar-refractivity contribution in [3.63, 3.8) is 0 Å². The second-order valence-electron chi connectivity index (χ2n) is 4.49. The molecule has 0 atom stereocenters. The number of hydrogen-bond donors (Lipinski definition) is 2. The molecule has 1 amide bonds. The van der Waals surface area contributed by atoms with Gasteiger partial charge in [0.05, 0.1) is 11.9 Å². The number of hydrazone groups is 1. The summed E-state index contributed by atoms with van der Waals surface area (Å²) in [6, 6.07) is 3.68. The maximum absolute atomic E-state index is 11.7. The third-order valence-electron chi connectivity index (χ3n) is 2.97. The minimum Gasteiger partial charge on any atom is -0.282 e. The monoisotopic (exact) mass is 271 g/mol. The van der Waals surface area contributed by atoms with Gasteiger partial charge in [0.2, 0.25) is 5.91 Å². The normalized spacial score (nSPS) is 10.9. The van der Waals surface area contributed by atoms with Gasteiger partial charge in [0.25, 0.3) is 0 Å². The average Bonchev–Trinajstić information content (AvgIpc) is 2.77. The molecule has 0 aliphatic carbocycles. The van der Waals surface area contributed by atoms with Crippen molar-refractivity contribution in [3.05, 3.63) is 47.0 Å². The van der Waals surface area contributed by atoms with Gasteiger partial charge in [-0.15, -0.1) is 0 Å². The maximum Gasteiger partial charge on any atom is 0.240 e. The highest BCUT2D eigenvalue weighted by Crippen LogP contribution is 2.11. The summed E-state index contributed by atoms with van der Waals surface area (Å²) in [4.78, 5) is 15.6. The molecule has 0 unspecified atom stereocenters. The van der Waals surface area contributed by atoms with E-state index in [1.807, 2.05) is 26.0 Å². The molecular formula is C14H17N5O. The molecule has 104 valence electrons. The van der Waals surface area contributed by atoms with Gasteiger partial charge in [0.1, 0.15) is 0 Å². The highest BCUT2D eigenvalue weighted by Gasteiger charge is 2.08. The number of hydrogen-bond acceptors (Lipinski definition) is 4. The van der Waals surface area contributed by atoms with Gasteiger partial charge < -0.3 is 0 Å². The lowest BCUT2D eigenvalue weighted by molar-refractivity contribution is -0.121. The van der Waals surface area contributed by atoms with E-state index < -0.39 is 0 Å². The first-order chi connectivity index (χ1) is 9.66. The Bertz CT molecular complexity index is 584. The lowest BCUT2D eigenvalue weighted by Crippen LogP contribution is -2.18. The number of amides is 1. The van der Waals surface area contributed by atoms with Crippen LogP contribution in [0.15, 0.2) is 29.6 Å². The van der Waals surface area contributed by atoms with Crippen molar-refractivity contribution in [2.24, 2.45) is 5.10 Å². The summed E-state index contributed by atoms with van der Waals surface area (Å²) in [5.74, 6) is -0.120. The summed E-state index contributed by atoms with van der Waals surface area (Å²) >= 11 is 0. The van der Waals surface area contributed by atoms with Crippen LogP contribution >= 0.6 is 0 Å². The van der Waals surface area contributed by atoms with Crippen molar-refractivity contribution in [3.8, 4) is 0 Å². The third-order valence-corrected chi connectivity index (χ3v) is 2.97. The molecule has 20 heavy (non-hydrogen) atoms. The van der Waals surface area contributed by atoms with E-state index in [1.54, 1.807) is 18.6 Å². The van der Waals surface area contributed by atoms with Crippen molar-refractivity contribution in [2.45, 2.75) is 26.7 Å². The van der Waals surface area contributed by atoms with E-state index in [4.69, 9.17) is 0 Å². The van der Waals surface area contributed by atoms with Gasteiger partial charge in [-0.2, -0.15) is 10.2 Å². The quantitative estimate of drug-likeness (QED) is 0.638. The Kier molecular flexibility index (Phi) is 4.60. The fourth-order valence-electron chi connectivity index (χ4n) is 1.87. The summed E-state index contributed by atoms with van der Waals surface area (Å²) in [6.07, 6.45) is 5.96. The first-order valence-electron chi connectivity index (χ1n) is 6.39. The Morgan fingerprint density at radius 3 is 3.00 bits per heavy atom. The van der Waals surface area contributed by atoms with Crippen LogP contribution in [0.2, 0.25) is 0 Å². The minimum absolute atomic E-state index is 0.120. The van der Waals surface area contributed by atoms with Crippen molar-refractivity contribution < 1.29 is 4.79 Å². The number of pyridine rings is 1. The number of aromatic nitrogens is 3. The van der Waals surface area contributed by atoms with Gasteiger partial charge in [0.15, 0.2) is 0 Å². The van der Waals surface area contributed by atoms with Crippen LogP contribution in [-0.4, -0.2) is 27.3 Å². The SMILES string of the molecule is Cc1n[nH]c(C)c1CCC(=O)NN=Cc1cccnc1. The molecule has 2 rings (SSSR count). The van der Waals surface area contributed by atoms with E-state index in [0.717, 1.165) is 22.5 Å². The molecule has 0 spiro atoms. The van der Waals surface area contributed by atoms with Crippen LogP contribution in [0.1, 0.15) is 28.9 Å². The van der Waals surface area contributed by atoms with E-state index in [0.29, 0.717) is 12.8 Å². The molecule has 0 saturated heterocycles. The standard InChI is InChI=1S/C14H17N5O/c1-10-13(11(2)18-17-10)5-6-14(20)19-16-9-12-4-3-7-15-8-12/h3-4,7-9H,5-6H2,1-2H3,(H,17,18)(H,19,20). The van der Waals surface area contributed by atoms with E-state index in [-0.39, 0.29) is 5.91 Å². The van der Waals surface area contributed by atoms with Crippen LogP contribution in [0.3, 0.4) is 0 Å². The minimum atomic E-state index is -0.120. The fourth-order valence-corrected chi connectivity index (χ4v) is 1.87. The number of nitrogens with one attached hydrogen (secondary N) is 2. The molecule has 0 fully saturated rings. The van der Waals surface area contributed by atoms with Crippen LogP contribution in [0, 0.1) is 13.8 Å². The molecule has 0 aliphatic heterocycles. The third kappa shape index (κ3) is 3.74. The summed E-state index contributed by atoms with van der Waals surface area (Å²) in [5, 5.41) is 10.9. The smallest absolute Gasteiger partial charge is 0.240 e. The van der Waals surface area contributed by atoms with E-state index in [1.165, 1.54) is 0 Å². The Hall–Kier alpha value is -2.50. The second kappa shape index (κ2) is 6.60. The number of aryl methyl sites for hydroxylation is 2. The molecule has 0 bridgehead atoms. The van der Waals surface area contributed by atoms with Gasteiger partial charge in [-0.3, -0.25) is 14.9 Å². The zero-order valence-corrected chi connectivity index (χ0v) is 11.6. The molecule has 2 aromatic rings. The first-order valence-corrected chi connectivity index (χ1v) is 6.39. The summed E-state index contributed by atoms with van der Waals surface area (Å²) in [6.45, 7) is 3.88. The molecule has 2 heterocycles. The van der Waals surface area contributed by atoms with Gasteiger partial charge in [-0.1, -0.05) is 6.07 Å². The zero-order valence-electron chi connectivity index (χ0n) is 11.6. The van der Waals surface area contributed by atoms with Gasteiger partial charge >= 0.3 is 0 Å². The first kappa shape index (κ1) is 13.9. The Morgan fingerprint density at radius 2 is 2.35 bits per heavy atom. The van der Waals surface area contributed by atoms with E-state index in [9.17, 15) is 4.79 Å². The molecule has 2 N–H and O–H groups in total. The average molecular weight is 271 g/mol. The number of carbonyl (C=O) groups is 1. The molecule has 2 aromatic heterocycles.